The average Bonchev–Trinajstić information content (AvgIpc) is 2.75. The summed E-state index contributed by atoms with van der Waals surface area (Å²) in [7, 11) is 0. The lowest BCUT2D eigenvalue weighted by molar-refractivity contribution is 0.0691. The van der Waals surface area contributed by atoms with E-state index in [1.54, 1.807) is 4.90 Å². The summed E-state index contributed by atoms with van der Waals surface area (Å²) in [5.74, 6) is -1.88. The Kier molecular flexibility index (Phi) is 4.23. The fourth-order valence-electron chi connectivity index (χ4n) is 2.63. The van der Waals surface area contributed by atoms with E-state index in [1.165, 1.54) is 0 Å². The van der Waals surface area contributed by atoms with Crippen LogP contribution in [0, 0.1) is 17.6 Å². The predicted molar refractivity (Wildman–Crippen MR) is 73.0 cm³/mol. The van der Waals surface area contributed by atoms with Gasteiger partial charge in [-0.3, -0.25) is 4.79 Å². The summed E-state index contributed by atoms with van der Waals surface area (Å²) in [5, 5.41) is 0. The summed E-state index contributed by atoms with van der Waals surface area (Å²) < 4.78 is 27.9. The molecule has 1 unspecified atom stereocenters. The average molecular weight is 332 g/mol. The molecule has 1 fully saturated rings. The Morgan fingerprint density at radius 2 is 1.95 bits per heavy atom. The minimum atomic E-state index is -0.814. The van der Waals surface area contributed by atoms with E-state index in [1.807, 2.05) is 13.8 Å². The maximum atomic E-state index is 13.8. The number of halogens is 3. The molecule has 0 radical (unpaired) electrons. The van der Waals surface area contributed by atoms with Crippen molar-refractivity contribution in [3.8, 4) is 0 Å². The van der Waals surface area contributed by atoms with Crippen LogP contribution in [0.25, 0.3) is 0 Å². The van der Waals surface area contributed by atoms with Crippen LogP contribution in [-0.4, -0.2) is 23.4 Å². The van der Waals surface area contributed by atoms with Crippen molar-refractivity contribution in [3.63, 3.8) is 0 Å². The number of hydrogen-bond acceptors (Lipinski definition) is 1. The highest BCUT2D eigenvalue weighted by atomic mass is 79.9. The molecule has 0 spiro atoms. The standard InChI is InChI=1S/C14H16BrF2NO/c1-8(2)12-4-3-5-18(12)14(19)13-10(16)6-9(15)7-11(13)17/h6-8,12H,3-5H2,1-2H3. The smallest absolute Gasteiger partial charge is 0.260 e. The van der Waals surface area contributed by atoms with Gasteiger partial charge < -0.3 is 4.90 Å². The Morgan fingerprint density at radius 3 is 2.47 bits per heavy atom. The Bertz CT molecular complexity index is 481. The Morgan fingerprint density at radius 1 is 1.37 bits per heavy atom. The summed E-state index contributed by atoms with van der Waals surface area (Å²) in [5.41, 5.74) is -0.448. The molecule has 2 nitrogen and oxygen atoms in total. The van der Waals surface area contributed by atoms with E-state index in [4.69, 9.17) is 0 Å². The van der Waals surface area contributed by atoms with Gasteiger partial charge in [0.25, 0.3) is 5.91 Å². The topological polar surface area (TPSA) is 20.3 Å². The van der Waals surface area contributed by atoms with Gasteiger partial charge in [0.05, 0.1) is 0 Å². The zero-order chi connectivity index (χ0) is 14.2. The summed E-state index contributed by atoms with van der Waals surface area (Å²) in [6.45, 7) is 4.60. The first kappa shape index (κ1) is 14.4. The van der Waals surface area contributed by atoms with Gasteiger partial charge in [0.15, 0.2) is 0 Å². The SMILES string of the molecule is CC(C)C1CCCN1C(=O)c1c(F)cc(Br)cc1F. The van der Waals surface area contributed by atoms with Crippen LogP contribution in [0.2, 0.25) is 0 Å². The molecule has 1 aromatic rings. The molecule has 0 bridgehead atoms. The molecule has 1 aromatic carbocycles. The van der Waals surface area contributed by atoms with Gasteiger partial charge in [-0.2, -0.15) is 0 Å². The van der Waals surface area contributed by atoms with Gasteiger partial charge in [-0.15, -0.1) is 0 Å². The normalized spacial score (nSPS) is 19.3. The summed E-state index contributed by atoms with van der Waals surface area (Å²) in [4.78, 5) is 13.9. The molecule has 0 N–H and O–H groups in total. The highest BCUT2D eigenvalue weighted by Crippen LogP contribution is 2.28. The van der Waals surface area contributed by atoms with Gasteiger partial charge in [-0.05, 0) is 30.9 Å². The van der Waals surface area contributed by atoms with Crippen LogP contribution in [0.1, 0.15) is 37.0 Å². The quantitative estimate of drug-likeness (QED) is 0.802. The number of hydrogen-bond donors (Lipinski definition) is 0. The highest BCUT2D eigenvalue weighted by Gasteiger charge is 2.33. The largest absolute Gasteiger partial charge is 0.335 e. The van der Waals surface area contributed by atoms with Gasteiger partial charge >= 0.3 is 0 Å². The van der Waals surface area contributed by atoms with Crippen LogP contribution >= 0.6 is 15.9 Å². The second kappa shape index (κ2) is 5.57. The molecule has 1 amide bonds. The van der Waals surface area contributed by atoms with E-state index in [0.29, 0.717) is 11.0 Å². The molecule has 1 saturated heterocycles. The lowest BCUT2D eigenvalue weighted by atomic mass is 10.0. The van der Waals surface area contributed by atoms with Crippen molar-refractivity contribution in [2.75, 3.05) is 6.54 Å². The third-order valence-electron chi connectivity index (χ3n) is 3.55. The van der Waals surface area contributed by atoms with E-state index in [0.717, 1.165) is 25.0 Å². The maximum Gasteiger partial charge on any atom is 0.260 e. The molecule has 1 atom stereocenters. The monoisotopic (exact) mass is 331 g/mol. The first-order valence-electron chi connectivity index (χ1n) is 6.37. The molecule has 0 saturated carbocycles. The number of likely N-dealkylation sites (tertiary alicyclic amines) is 1. The molecule has 0 aliphatic carbocycles. The number of carbonyl (C=O) groups is 1. The first-order chi connectivity index (χ1) is 8.91. The lowest BCUT2D eigenvalue weighted by Crippen LogP contribution is -2.39. The molecular weight excluding hydrogens is 316 g/mol. The van der Waals surface area contributed by atoms with Gasteiger partial charge in [0, 0.05) is 17.1 Å². The van der Waals surface area contributed by atoms with Crippen molar-refractivity contribution in [3.05, 3.63) is 33.8 Å². The van der Waals surface area contributed by atoms with E-state index in [-0.39, 0.29) is 12.0 Å². The predicted octanol–water partition coefficient (Wildman–Crippen LogP) is 3.99. The number of benzene rings is 1. The molecule has 104 valence electrons. The molecule has 1 aliphatic heterocycles. The molecule has 5 heteroatoms. The van der Waals surface area contributed by atoms with Crippen molar-refractivity contribution >= 4 is 21.8 Å². The van der Waals surface area contributed by atoms with Crippen LogP contribution in [0.5, 0.6) is 0 Å². The summed E-state index contributed by atoms with van der Waals surface area (Å²) in [6, 6.07) is 2.31. The Balaban J connectivity index is 2.34. The van der Waals surface area contributed by atoms with E-state index in [2.05, 4.69) is 15.9 Å². The second-order valence-corrected chi connectivity index (χ2v) is 6.11. The van der Waals surface area contributed by atoms with Crippen LogP contribution in [0.3, 0.4) is 0 Å². The van der Waals surface area contributed by atoms with Gasteiger partial charge in [0.1, 0.15) is 17.2 Å². The van der Waals surface area contributed by atoms with Crippen molar-refractivity contribution < 1.29 is 13.6 Å². The fourth-order valence-corrected chi connectivity index (χ4v) is 3.03. The van der Waals surface area contributed by atoms with E-state index in [9.17, 15) is 13.6 Å². The molecule has 1 heterocycles. The second-order valence-electron chi connectivity index (χ2n) is 5.20. The third kappa shape index (κ3) is 2.81. The third-order valence-corrected chi connectivity index (χ3v) is 4.01. The van der Waals surface area contributed by atoms with Crippen LogP contribution in [0.15, 0.2) is 16.6 Å². The molecule has 2 rings (SSSR count). The van der Waals surface area contributed by atoms with Crippen molar-refractivity contribution in [2.45, 2.75) is 32.7 Å². The first-order valence-corrected chi connectivity index (χ1v) is 7.16. The van der Waals surface area contributed by atoms with Crippen LogP contribution in [0.4, 0.5) is 8.78 Å². The molecule has 0 aromatic heterocycles. The van der Waals surface area contributed by atoms with E-state index < -0.39 is 23.1 Å². The number of rotatable bonds is 2. The van der Waals surface area contributed by atoms with Gasteiger partial charge in [0.2, 0.25) is 0 Å². The Hall–Kier alpha value is -0.970. The number of amides is 1. The van der Waals surface area contributed by atoms with Crippen LogP contribution < -0.4 is 0 Å². The van der Waals surface area contributed by atoms with Crippen LogP contribution in [-0.2, 0) is 0 Å². The van der Waals surface area contributed by atoms with Crippen molar-refractivity contribution in [1.82, 2.24) is 4.90 Å². The fraction of sp³-hybridized carbons (Fsp3) is 0.500. The lowest BCUT2D eigenvalue weighted by Gasteiger charge is -2.28. The number of nitrogens with zero attached hydrogens (tertiary/aromatic N) is 1. The van der Waals surface area contributed by atoms with Gasteiger partial charge in [-0.1, -0.05) is 29.8 Å². The van der Waals surface area contributed by atoms with Crippen molar-refractivity contribution in [1.29, 1.82) is 0 Å². The van der Waals surface area contributed by atoms with E-state index >= 15 is 0 Å². The minimum Gasteiger partial charge on any atom is -0.335 e. The number of carbonyl (C=O) groups excluding carboxylic acids is 1. The van der Waals surface area contributed by atoms with Gasteiger partial charge in [-0.25, -0.2) is 8.78 Å². The molecular formula is C14H16BrF2NO. The minimum absolute atomic E-state index is 0.0648. The summed E-state index contributed by atoms with van der Waals surface area (Å²) in [6.07, 6.45) is 1.78. The summed E-state index contributed by atoms with van der Waals surface area (Å²) >= 11 is 3.01. The zero-order valence-electron chi connectivity index (χ0n) is 10.9. The maximum absolute atomic E-state index is 13.8. The zero-order valence-corrected chi connectivity index (χ0v) is 12.5. The molecule has 19 heavy (non-hydrogen) atoms. The van der Waals surface area contributed by atoms with Crippen molar-refractivity contribution in [2.24, 2.45) is 5.92 Å². The highest BCUT2D eigenvalue weighted by molar-refractivity contribution is 9.10. The Labute approximate surface area is 119 Å². The molecule has 1 aliphatic rings.